The lowest BCUT2D eigenvalue weighted by Crippen LogP contribution is -2.52. The predicted octanol–water partition coefficient (Wildman–Crippen LogP) is 2.74. The summed E-state index contributed by atoms with van der Waals surface area (Å²) in [5, 5.41) is 13.5. The third-order valence-electron chi connectivity index (χ3n) is 3.72. The van der Waals surface area contributed by atoms with Crippen molar-refractivity contribution in [3.05, 3.63) is 0 Å². The molecule has 0 aliphatic heterocycles. The summed E-state index contributed by atoms with van der Waals surface area (Å²) in [7, 11) is 0. The van der Waals surface area contributed by atoms with Gasteiger partial charge in [0.25, 0.3) is 0 Å². The molecule has 0 rings (SSSR count). The van der Waals surface area contributed by atoms with Crippen molar-refractivity contribution < 1.29 is 5.11 Å². The first-order valence-corrected chi connectivity index (χ1v) is 7.97. The molecule has 2 N–H and O–H groups in total. The Balaban J connectivity index is 4.47. The second kappa shape index (κ2) is 9.73. The quantitative estimate of drug-likeness (QED) is 0.607. The maximum Gasteiger partial charge on any atom is 0.0613 e. The van der Waals surface area contributed by atoms with Gasteiger partial charge in [-0.25, -0.2) is 0 Å². The van der Waals surface area contributed by atoms with Crippen molar-refractivity contribution in [3.63, 3.8) is 0 Å². The largest absolute Gasteiger partial charge is 0.394 e. The van der Waals surface area contributed by atoms with Crippen molar-refractivity contribution in [2.75, 3.05) is 32.8 Å². The van der Waals surface area contributed by atoms with Gasteiger partial charge in [0.15, 0.2) is 0 Å². The molecule has 0 bridgehead atoms. The van der Waals surface area contributed by atoms with Crippen molar-refractivity contribution in [1.29, 1.82) is 0 Å². The molecular formula is C16H36N2O. The topological polar surface area (TPSA) is 35.5 Å². The Morgan fingerprint density at radius 2 is 1.47 bits per heavy atom. The zero-order valence-corrected chi connectivity index (χ0v) is 14.0. The number of hydrogen-bond donors (Lipinski definition) is 2. The summed E-state index contributed by atoms with van der Waals surface area (Å²) in [6, 6.07) is 0. The Labute approximate surface area is 120 Å². The van der Waals surface area contributed by atoms with Crippen LogP contribution in [0.25, 0.3) is 0 Å². The third-order valence-corrected chi connectivity index (χ3v) is 3.72. The fourth-order valence-electron chi connectivity index (χ4n) is 2.99. The van der Waals surface area contributed by atoms with Crippen LogP contribution in [-0.4, -0.2) is 48.3 Å². The van der Waals surface area contributed by atoms with Crippen LogP contribution in [0.2, 0.25) is 0 Å². The Kier molecular flexibility index (Phi) is 9.67. The van der Waals surface area contributed by atoms with Crippen LogP contribution in [0, 0.1) is 11.8 Å². The zero-order valence-electron chi connectivity index (χ0n) is 14.0. The first kappa shape index (κ1) is 18.9. The minimum Gasteiger partial charge on any atom is -0.394 e. The minimum absolute atomic E-state index is 0.102. The SMILES string of the molecule is CCN(CC)CCNC(CO)(CC(C)C)CC(C)C. The van der Waals surface area contributed by atoms with Crippen molar-refractivity contribution in [3.8, 4) is 0 Å². The molecule has 0 atom stereocenters. The molecule has 0 aliphatic carbocycles. The minimum atomic E-state index is -0.102. The van der Waals surface area contributed by atoms with Crippen LogP contribution in [0.5, 0.6) is 0 Å². The number of nitrogens with zero attached hydrogens (tertiary/aromatic N) is 1. The average Bonchev–Trinajstić information content (AvgIpc) is 2.33. The Bertz CT molecular complexity index is 203. The number of aliphatic hydroxyl groups excluding tert-OH is 1. The third kappa shape index (κ3) is 7.91. The summed E-state index contributed by atoms with van der Waals surface area (Å²) < 4.78 is 0. The molecule has 0 aromatic carbocycles. The molecule has 3 nitrogen and oxygen atoms in total. The van der Waals surface area contributed by atoms with E-state index < -0.39 is 0 Å². The number of aliphatic hydroxyl groups is 1. The number of likely N-dealkylation sites (N-methyl/N-ethyl adjacent to an activating group) is 1. The predicted molar refractivity (Wildman–Crippen MR) is 84.5 cm³/mol. The molecule has 0 fully saturated rings. The van der Waals surface area contributed by atoms with Crippen LogP contribution in [0.15, 0.2) is 0 Å². The summed E-state index contributed by atoms with van der Waals surface area (Å²) in [6.45, 7) is 17.8. The molecular weight excluding hydrogens is 236 g/mol. The van der Waals surface area contributed by atoms with E-state index in [-0.39, 0.29) is 12.1 Å². The molecule has 0 saturated heterocycles. The lowest BCUT2D eigenvalue weighted by molar-refractivity contribution is 0.113. The highest BCUT2D eigenvalue weighted by Crippen LogP contribution is 2.24. The van der Waals surface area contributed by atoms with Crippen molar-refractivity contribution in [1.82, 2.24) is 10.2 Å². The van der Waals surface area contributed by atoms with Gasteiger partial charge in [0.1, 0.15) is 0 Å². The summed E-state index contributed by atoms with van der Waals surface area (Å²) >= 11 is 0. The van der Waals surface area contributed by atoms with Gasteiger partial charge in [-0.3, -0.25) is 0 Å². The van der Waals surface area contributed by atoms with Crippen molar-refractivity contribution in [2.45, 2.75) is 59.9 Å². The maximum atomic E-state index is 9.88. The highest BCUT2D eigenvalue weighted by Gasteiger charge is 2.30. The molecule has 3 heteroatoms. The highest BCUT2D eigenvalue weighted by atomic mass is 16.3. The summed E-state index contributed by atoms with van der Waals surface area (Å²) in [6.07, 6.45) is 2.08. The summed E-state index contributed by atoms with van der Waals surface area (Å²) in [5.74, 6) is 1.21. The lowest BCUT2D eigenvalue weighted by Gasteiger charge is -2.37. The van der Waals surface area contributed by atoms with Crippen LogP contribution in [0.1, 0.15) is 54.4 Å². The van der Waals surface area contributed by atoms with E-state index in [0.717, 1.165) is 39.0 Å². The number of rotatable bonds is 11. The van der Waals surface area contributed by atoms with E-state index in [2.05, 4.69) is 51.8 Å². The molecule has 0 aromatic rings. The summed E-state index contributed by atoms with van der Waals surface area (Å²) in [5.41, 5.74) is -0.102. The maximum absolute atomic E-state index is 9.88. The van der Waals surface area contributed by atoms with E-state index in [1.165, 1.54) is 0 Å². The van der Waals surface area contributed by atoms with Crippen LogP contribution >= 0.6 is 0 Å². The smallest absolute Gasteiger partial charge is 0.0613 e. The van der Waals surface area contributed by atoms with E-state index in [1.54, 1.807) is 0 Å². The van der Waals surface area contributed by atoms with Crippen LogP contribution in [-0.2, 0) is 0 Å². The molecule has 0 aliphatic rings. The van der Waals surface area contributed by atoms with E-state index in [4.69, 9.17) is 0 Å². The molecule has 19 heavy (non-hydrogen) atoms. The van der Waals surface area contributed by atoms with Gasteiger partial charge < -0.3 is 15.3 Å². The molecule has 0 heterocycles. The van der Waals surface area contributed by atoms with Gasteiger partial charge in [-0.1, -0.05) is 41.5 Å². The fourth-order valence-corrected chi connectivity index (χ4v) is 2.99. The van der Waals surface area contributed by atoms with Gasteiger partial charge in [0.05, 0.1) is 6.61 Å². The fraction of sp³-hybridized carbons (Fsp3) is 1.00. The normalized spacial score (nSPS) is 12.9. The second-order valence-electron chi connectivity index (χ2n) is 6.59. The molecule has 0 amide bonds. The number of nitrogens with one attached hydrogen (secondary N) is 1. The van der Waals surface area contributed by atoms with Crippen LogP contribution in [0.3, 0.4) is 0 Å². The molecule has 0 saturated carbocycles. The van der Waals surface area contributed by atoms with Gasteiger partial charge in [-0.15, -0.1) is 0 Å². The van der Waals surface area contributed by atoms with Gasteiger partial charge in [-0.05, 0) is 37.8 Å². The van der Waals surface area contributed by atoms with E-state index in [1.807, 2.05) is 0 Å². The molecule has 0 unspecified atom stereocenters. The number of hydrogen-bond acceptors (Lipinski definition) is 3. The second-order valence-corrected chi connectivity index (χ2v) is 6.59. The van der Waals surface area contributed by atoms with E-state index >= 15 is 0 Å². The van der Waals surface area contributed by atoms with Crippen molar-refractivity contribution in [2.24, 2.45) is 11.8 Å². The molecule has 0 spiro atoms. The Morgan fingerprint density at radius 3 is 1.79 bits per heavy atom. The first-order valence-electron chi connectivity index (χ1n) is 7.97. The molecule has 116 valence electrons. The van der Waals surface area contributed by atoms with Gasteiger partial charge >= 0.3 is 0 Å². The summed E-state index contributed by atoms with van der Waals surface area (Å²) in [4.78, 5) is 2.42. The lowest BCUT2D eigenvalue weighted by atomic mass is 9.82. The average molecular weight is 272 g/mol. The zero-order chi connectivity index (χ0) is 14.9. The molecule has 0 aromatic heterocycles. The standard InChI is InChI=1S/C16H36N2O/c1-7-18(8-2)10-9-17-16(13-19,11-14(3)4)12-15(5)6/h14-15,17,19H,7-13H2,1-6H3. The Morgan fingerprint density at radius 1 is 1.00 bits per heavy atom. The van der Waals surface area contributed by atoms with Gasteiger partial charge in [0, 0.05) is 18.6 Å². The van der Waals surface area contributed by atoms with Crippen molar-refractivity contribution >= 4 is 0 Å². The van der Waals surface area contributed by atoms with E-state index in [0.29, 0.717) is 11.8 Å². The van der Waals surface area contributed by atoms with E-state index in [9.17, 15) is 5.11 Å². The monoisotopic (exact) mass is 272 g/mol. The molecule has 0 radical (unpaired) electrons. The Hall–Kier alpha value is -0.120. The van der Waals surface area contributed by atoms with Crippen LogP contribution < -0.4 is 5.32 Å². The van der Waals surface area contributed by atoms with Gasteiger partial charge in [0.2, 0.25) is 0 Å². The first-order chi connectivity index (χ1) is 8.89. The van der Waals surface area contributed by atoms with Gasteiger partial charge in [-0.2, -0.15) is 0 Å². The van der Waals surface area contributed by atoms with Crippen LogP contribution in [0.4, 0.5) is 0 Å². The highest BCUT2D eigenvalue weighted by molar-refractivity contribution is 4.89.